The number of carbonyl (C=O) groups is 1. The maximum atomic E-state index is 12.7. The molecule has 0 saturated heterocycles. The molecular weight excluding hydrogens is 314 g/mol. The molecule has 134 valence electrons. The van der Waals surface area contributed by atoms with Crippen molar-refractivity contribution in [1.29, 1.82) is 0 Å². The molecule has 2 N–H and O–H groups in total. The highest BCUT2D eigenvalue weighted by atomic mass is 16.1. The van der Waals surface area contributed by atoms with Gasteiger partial charge in [-0.3, -0.25) is 4.79 Å². The summed E-state index contributed by atoms with van der Waals surface area (Å²) < 4.78 is 0. The predicted molar refractivity (Wildman–Crippen MR) is 102 cm³/mol. The van der Waals surface area contributed by atoms with Crippen LogP contribution in [-0.2, 0) is 0 Å². The molecular formula is C19H27N5O. The van der Waals surface area contributed by atoms with Crippen molar-refractivity contribution in [2.24, 2.45) is 0 Å². The fourth-order valence-electron chi connectivity index (χ4n) is 2.71. The van der Waals surface area contributed by atoms with Crippen LogP contribution in [0.1, 0.15) is 32.9 Å². The Balaban J connectivity index is 2.18. The monoisotopic (exact) mass is 341 g/mol. The van der Waals surface area contributed by atoms with Crippen molar-refractivity contribution in [1.82, 2.24) is 14.9 Å². The van der Waals surface area contributed by atoms with Crippen LogP contribution < -0.4 is 10.6 Å². The fraction of sp³-hybridized carbons (Fsp3) is 0.421. The zero-order valence-electron chi connectivity index (χ0n) is 15.9. The maximum Gasteiger partial charge on any atom is 0.274 e. The molecule has 6 heteroatoms. The topological polar surface area (TPSA) is 70.2 Å². The van der Waals surface area contributed by atoms with Crippen molar-refractivity contribution in [3.05, 3.63) is 46.3 Å². The highest BCUT2D eigenvalue weighted by Crippen LogP contribution is 2.22. The van der Waals surface area contributed by atoms with Crippen LogP contribution in [0.4, 0.5) is 11.6 Å². The van der Waals surface area contributed by atoms with E-state index in [-0.39, 0.29) is 5.91 Å². The zero-order chi connectivity index (χ0) is 18.6. The summed E-state index contributed by atoms with van der Waals surface area (Å²) in [6.45, 7) is 9.47. The third kappa shape index (κ3) is 5.26. The molecule has 0 fully saturated rings. The maximum absolute atomic E-state index is 12.7. The van der Waals surface area contributed by atoms with Gasteiger partial charge in [0.25, 0.3) is 5.91 Å². The average molecular weight is 341 g/mol. The first-order chi connectivity index (χ1) is 11.8. The molecule has 2 aromatic rings. The van der Waals surface area contributed by atoms with E-state index < -0.39 is 0 Å². The van der Waals surface area contributed by atoms with E-state index in [1.807, 2.05) is 41.8 Å². The van der Waals surface area contributed by atoms with E-state index in [0.29, 0.717) is 18.2 Å². The van der Waals surface area contributed by atoms with E-state index in [4.69, 9.17) is 0 Å². The van der Waals surface area contributed by atoms with Crippen LogP contribution in [0.5, 0.6) is 0 Å². The van der Waals surface area contributed by atoms with Crippen LogP contribution in [0.3, 0.4) is 0 Å². The number of amides is 1. The Morgan fingerprint density at radius 3 is 2.28 bits per heavy atom. The lowest BCUT2D eigenvalue weighted by molar-refractivity contribution is 0.102. The number of hydrogen-bond donors (Lipinski definition) is 2. The van der Waals surface area contributed by atoms with Crippen molar-refractivity contribution in [2.75, 3.05) is 37.8 Å². The summed E-state index contributed by atoms with van der Waals surface area (Å²) in [4.78, 5) is 23.4. The SMILES string of the molecule is Cc1cc(C)c(NC(=O)c2cc(C)nc(NCCN(C)C)n2)c(C)c1. The van der Waals surface area contributed by atoms with Crippen molar-refractivity contribution < 1.29 is 4.79 Å². The van der Waals surface area contributed by atoms with Crippen LogP contribution in [0.2, 0.25) is 0 Å². The van der Waals surface area contributed by atoms with Gasteiger partial charge in [0.15, 0.2) is 0 Å². The van der Waals surface area contributed by atoms with E-state index >= 15 is 0 Å². The molecule has 0 aliphatic carbocycles. The molecule has 1 amide bonds. The fourth-order valence-corrected chi connectivity index (χ4v) is 2.71. The highest BCUT2D eigenvalue weighted by molar-refractivity contribution is 6.04. The Labute approximate surface area is 149 Å². The predicted octanol–water partition coefficient (Wildman–Crippen LogP) is 2.94. The molecule has 0 aliphatic heterocycles. The lowest BCUT2D eigenvalue weighted by atomic mass is 10.0. The molecule has 1 aromatic heterocycles. The van der Waals surface area contributed by atoms with Crippen molar-refractivity contribution in [3.8, 4) is 0 Å². The van der Waals surface area contributed by atoms with Crippen molar-refractivity contribution >= 4 is 17.5 Å². The van der Waals surface area contributed by atoms with Gasteiger partial charge in [0.2, 0.25) is 5.95 Å². The van der Waals surface area contributed by atoms with Crippen LogP contribution in [0.15, 0.2) is 18.2 Å². The minimum atomic E-state index is -0.226. The molecule has 0 unspecified atom stereocenters. The number of rotatable bonds is 6. The molecule has 25 heavy (non-hydrogen) atoms. The Morgan fingerprint density at radius 2 is 1.68 bits per heavy atom. The first kappa shape index (κ1) is 18.9. The van der Waals surface area contributed by atoms with Crippen LogP contribution in [0.25, 0.3) is 0 Å². The summed E-state index contributed by atoms with van der Waals surface area (Å²) in [5.41, 5.74) is 5.22. The minimum Gasteiger partial charge on any atom is -0.353 e. The van der Waals surface area contributed by atoms with Crippen molar-refractivity contribution in [2.45, 2.75) is 27.7 Å². The number of anilines is 2. The van der Waals surface area contributed by atoms with E-state index in [1.54, 1.807) is 6.07 Å². The summed E-state index contributed by atoms with van der Waals surface area (Å²) in [6.07, 6.45) is 0. The average Bonchev–Trinajstić information content (AvgIpc) is 2.49. The lowest BCUT2D eigenvalue weighted by Gasteiger charge is -2.14. The second-order valence-corrected chi connectivity index (χ2v) is 6.68. The van der Waals surface area contributed by atoms with Gasteiger partial charge in [-0.05, 0) is 59.0 Å². The number of nitrogens with zero attached hydrogens (tertiary/aromatic N) is 3. The van der Waals surface area contributed by atoms with E-state index in [1.165, 1.54) is 5.56 Å². The third-order valence-electron chi connectivity index (χ3n) is 3.84. The van der Waals surface area contributed by atoms with E-state index in [2.05, 4.69) is 37.6 Å². The summed E-state index contributed by atoms with van der Waals surface area (Å²) in [6, 6.07) is 5.81. The number of nitrogens with one attached hydrogen (secondary N) is 2. The summed E-state index contributed by atoms with van der Waals surface area (Å²) >= 11 is 0. The van der Waals surface area contributed by atoms with Crippen LogP contribution in [0, 0.1) is 27.7 Å². The number of aromatic nitrogens is 2. The molecule has 0 spiro atoms. The smallest absolute Gasteiger partial charge is 0.274 e. The quantitative estimate of drug-likeness (QED) is 0.845. The van der Waals surface area contributed by atoms with E-state index in [0.717, 1.165) is 29.1 Å². The first-order valence-corrected chi connectivity index (χ1v) is 8.39. The van der Waals surface area contributed by atoms with Gasteiger partial charge in [-0.2, -0.15) is 0 Å². The third-order valence-corrected chi connectivity index (χ3v) is 3.84. The largest absolute Gasteiger partial charge is 0.353 e. The van der Waals surface area contributed by atoms with Crippen molar-refractivity contribution in [3.63, 3.8) is 0 Å². The number of likely N-dealkylation sites (N-methyl/N-ethyl adjacent to an activating group) is 1. The van der Waals surface area contributed by atoms with Gasteiger partial charge in [0.1, 0.15) is 5.69 Å². The molecule has 0 bridgehead atoms. The summed E-state index contributed by atoms with van der Waals surface area (Å²) in [7, 11) is 4.01. The van der Waals surface area contributed by atoms with Gasteiger partial charge in [0.05, 0.1) is 0 Å². The number of benzene rings is 1. The first-order valence-electron chi connectivity index (χ1n) is 8.39. The van der Waals surface area contributed by atoms with E-state index in [9.17, 15) is 4.79 Å². The molecule has 2 rings (SSSR count). The lowest BCUT2D eigenvalue weighted by Crippen LogP contribution is -2.22. The summed E-state index contributed by atoms with van der Waals surface area (Å²) in [5.74, 6) is 0.251. The molecule has 1 aromatic carbocycles. The summed E-state index contributed by atoms with van der Waals surface area (Å²) in [5, 5.41) is 6.15. The second kappa shape index (κ2) is 8.07. The molecule has 0 atom stereocenters. The normalized spacial score (nSPS) is 10.8. The number of carbonyl (C=O) groups excluding carboxylic acids is 1. The van der Waals surface area contributed by atoms with Crippen LogP contribution in [-0.4, -0.2) is 48.0 Å². The number of hydrogen-bond acceptors (Lipinski definition) is 5. The van der Waals surface area contributed by atoms with Gasteiger partial charge < -0.3 is 15.5 Å². The molecule has 0 radical (unpaired) electrons. The second-order valence-electron chi connectivity index (χ2n) is 6.68. The Kier molecular flexibility index (Phi) is 6.09. The van der Waals surface area contributed by atoms with Gasteiger partial charge >= 0.3 is 0 Å². The van der Waals surface area contributed by atoms with Gasteiger partial charge in [-0.15, -0.1) is 0 Å². The Morgan fingerprint density at radius 1 is 1.04 bits per heavy atom. The highest BCUT2D eigenvalue weighted by Gasteiger charge is 2.13. The molecule has 1 heterocycles. The Bertz CT molecular complexity index is 747. The molecule has 0 saturated carbocycles. The minimum absolute atomic E-state index is 0.226. The number of aryl methyl sites for hydroxylation is 4. The molecule has 0 aliphatic rings. The Hall–Kier alpha value is -2.47. The molecule has 6 nitrogen and oxygen atoms in total. The van der Waals surface area contributed by atoms with Crippen LogP contribution >= 0.6 is 0 Å². The van der Waals surface area contributed by atoms with Gasteiger partial charge in [0, 0.05) is 24.5 Å². The standard InChI is InChI=1S/C19H27N5O/c1-12-9-13(2)17(14(3)10-12)23-18(25)16-11-15(4)21-19(22-16)20-7-8-24(5)6/h9-11H,7-8H2,1-6H3,(H,23,25)(H,20,21,22). The van der Waals surface area contributed by atoms with Gasteiger partial charge in [-0.25, -0.2) is 9.97 Å². The van der Waals surface area contributed by atoms with Gasteiger partial charge in [-0.1, -0.05) is 17.7 Å². The zero-order valence-corrected chi connectivity index (χ0v) is 15.9.